The summed E-state index contributed by atoms with van der Waals surface area (Å²) in [5.74, 6) is 1.08. The Labute approximate surface area is 115 Å². The molecule has 1 atom stereocenters. The lowest BCUT2D eigenvalue weighted by atomic mass is 10.1. The van der Waals surface area contributed by atoms with Gasteiger partial charge in [0.25, 0.3) is 5.19 Å². The zero-order valence-corrected chi connectivity index (χ0v) is 11.6. The Hall–Kier alpha value is -1.54. The van der Waals surface area contributed by atoms with Gasteiger partial charge in [0.15, 0.2) is 0 Å². The fourth-order valence-corrected chi connectivity index (χ4v) is 2.82. The van der Waals surface area contributed by atoms with E-state index in [4.69, 9.17) is 4.74 Å². The van der Waals surface area contributed by atoms with Crippen LogP contribution in [0, 0.1) is 0 Å². The van der Waals surface area contributed by atoms with Gasteiger partial charge in [-0.2, -0.15) is 5.10 Å². The van der Waals surface area contributed by atoms with Gasteiger partial charge in [0.2, 0.25) is 0 Å². The van der Waals surface area contributed by atoms with E-state index in [1.165, 1.54) is 11.3 Å². The molecule has 0 unspecified atom stereocenters. The Morgan fingerprint density at radius 2 is 2.47 bits per heavy atom. The molecule has 0 radical (unpaired) electrons. The quantitative estimate of drug-likeness (QED) is 0.865. The van der Waals surface area contributed by atoms with Gasteiger partial charge >= 0.3 is 0 Å². The maximum atomic E-state index is 5.31. The number of hydrogen-bond acceptors (Lipinski definition) is 7. The van der Waals surface area contributed by atoms with Crippen molar-refractivity contribution in [3.63, 3.8) is 0 Å². The molecule has 0 saturated heterocycles. The second-order valence-electron chi connectivity index (χ2n) is 4.37. The van der Waals surface area contributed by atoms with Gasteiger partial charge in [-0.15, -0.1) is 10.2 Å². The second-order valence-corrected chi connectivity index (χ2v) is 5.39. The van der Waals surface area contributed by atoms with Gasteiger partial charge in [0.1, 0.15) is 17.2 Å². The third-order valence-corrected chi connectivity index (χ3v) is 3.90. The van der Waals surface area contributed by atoms with E-state index >= 15 is 0 Å². The van der Waals surface area contributed by atoms with E-state index in [1.807, 2.05) is 11.6 Å². The summed E-state index contributed by atoms with van der Waals surface area (Å²) in [6, 6.07) is 0.411. The van der Waals surface area contributed by atoms with Crippen LogP contribution in [0.1, 0.15) is 24.2 Å². The summed E-state index contributed by atoms with van der Waals surface area (Å²) in [5.41, 5.74) is 0. The van der Waals surface area contributed by atoms with Gasteiger partial charge in [-0.05, 0) is 13.3 Å². The van der Waals surface area contributed by atoms with Crippen LogP contribution < -0.4 is 10.1 Å². The Kier molecular flexibility index (Phi) is 3.69. The molecule has 1 aliphatic rings. The Morgan fingerprint density at radius 1 is 1.53 bits per heavy atom. The highest BCUT2D eigenvalue weighted by molar-refractivity contribution is 7.13. The van der Waals surface area contributed by atoms with Crippen LogP contribution in [0.5, 0.6) is 5.19 Å². The highest BCUT2D eigenvalue weighted by Crippen LogP contribution is 2.18. The second kappa shape index (κ2) is 5.62. The SMILES string of the molecule is CCOc1nnc(CN[C@H]2CCc3ncnn3C2)s1. The van der Waals surface area contributed by atoms with Crippen molar-refractivity contribution in [2.75, 3.05) is 6.61 Å². The first-order chi connectivity index (χ1) is 9.35. The first-order valence-corrected chi connectivity index (χ1v) is 7.22. The Morgan fingerprint density at radius 3 is 3.37 bits per heavy atom. The number of nitrogens with zero attached hydrogens (tertiary/aromatic N) is 5. The fourth-order valence-electron chi connectivity index (χ4n) is 2.13. The Balaban J connectivity index is 1.52. The van der Waals surface area contributed by atoms with Crippen molar-refractivity contribution in [3.05, 3.63) is 17.2 Å². The molecule has 1 N–H and O–H groups in total. The number of nitrogens with one attached hydrogen (secondary N) is 1. The molecule has 0 fully saturated rings. The van der Waals surface area contributed by atoms with E-state index in [2.05, 4.69) is 25.6 Å². The summed E-state index contributed by atoms with van der Waals surface area (Å²) < 4.78 is 7.27. The first-order valence-electron chi connectivity index (χ1n) is 6.40. The zero-order chi connectivity index (χ0) is 13.1. The predicted molar refractivity (Wildman–Crippen MR) is 70.0 cm³/mol. The Bertz CT molecular complexity index is 539. The molecule has 0 aliphatic carbocycles. The van der Waals surface area contributed by atoms with E-state index in [-0.39, 0.29) is 0 Å². The maximum absolute atomic E-state index is 5.31. The van der Waals surface area contributed by atoms with Crippen LogP contribution in [0.15, 0.2) is 6.33 Å². The largest absolute Gasteiger partial charge is 0.469 e. The summed E-state index contributed by atoms with van der Waals surface area (Å²) in [6.07, 6.45) is 3.67. The first kappa shape index (κ1) is 12.5. The highest BCUT2D eigenvalue weighted by atomic mass is 32.1. The van der Waals surface area contributed by atoms with Crippen molar-refractivity contribution < 1.29 is 4.74 Å². The van der Waals surface area contributed by atoms with Gasteiger partial charge < -0.3 is 10.1 Å². The summed E-state index contributed by atoms with van der Waals surface area (Å²) in [5, 5.41) is 17.4. The van der Waals surface area contributed by atoms with Crippen LogP contribution in [0.2, 0.25) is 0 Å². The molecule has 8 heteroatoms. The molecular weight excluding hydrogens is 264 g/mol. The van der Waals surface area contributed by atoms with Gasteiger partial charge in [-0.25, -0.2) is 9.67 Å². The van der Waals surface area contributed by atoms with Crippen LogP contribution in [-0.4, -0.2) is 37.6 Å². The van der Waals surface area contributed by atoms with Crippen molar-refractivity contribution >= 4 is 11.3 Å². The van der Waals surface area contributed by atoms with Gasteiger partial charge in [-0.1, -0.05) is 11.3 Å². The van der Waals surface area contributed by atoms with Crippen LogP contribution in [0.3, 0.4) is 0 Å². The van der Waals surface area contributed by atoms with E-state index in [0.29, 0.717) is 17.8 Å². The maximum Gasteiger partial charge on any atom is 0.294 e. The molecule has 0 saturated carbocycles. The lowest BCUT2D eigenvalue weighted by molar-refractivity contribution is 0.335. The number of rotatable bonds is 5. The van der Waals surface area contributed by atoms with Crippen LogP contribution in [-0.2, 0) is 19.5 Å². The monoisotopic (exact) mass is 280 g/mol. The zero-order valence-electron chi connectivity index (χ0n) is 10.7. The number of ether oxygens (including phenoxy) is 1. The summed E-state index contributed by atoms with van der Waals surface area (Å²) in [6.45, 7) is 4.16. The minimum Gasteiger partial charge on any atom is -0.469 e. The average Bonchev–Trinajstić information content (AvgIpc) is 3.04. The smallest absolute Gasteiger partial charge is 0.294 e. The molecule has 0 spiro atoms. The van der Waals surface area contributed by atoms with Gasteiger partial charge in [0, 0.05) is 12.5 Å². The molecule has 3 rings (SSSR count). The molecule has 2 aromatic heterocycles. The van der Waals surface area contributed by atoms with Crippen molar-refractivity contribution in [2.24, 2.45) is 0 Å². The third kappa shape index (κ3) is 2.90. The summed E-state index contributed by atoms with van der Waals surface area (Å²) >= 11 is 1.49. The molecule has 0 amide bonds. The predicted octanol–water partition coefficient (Wildman–Crippen LogP) is 0.633. The van der Waals surface area contributed by atoms with Crippen LogP contribution in [0.25, 0.3) is 0 Å². The molecule has 2 aromatic rings. The minimum atomic E-state index is 0.411. The topological polar surface area (TPSA) is 77.8 Å². The molecule has 19 heavy (non-hydrogen) atoms. The van der Waals surface area contributed by atoms with Crippen LogP contribution in [0.4, 0.5) is 0 Å². The van der Waals surface area contributed by atoms with E-state index < -0.39 is 0 Å². The number of aromatic nitrogens is 5. The van der Waals surface area contributed by atoms with Crippen molar-refractivity contribution in [1.29, 1.82) is 0 Å². The molecule has 3 heterocycles. The van der Waals surface area contributed by atoms with Gasteiger partial charge in [0.05, 0.1) is 19.7 Å². The lowest BCUT2D eigenvalue weighted by Crippen LogP contribution is -2.37. The lowest BCUT2D eigenvalue weighted by Gasteiger charge is -2.23. The van der Waals surface area contributed by atoms with Crippen molar-refractivity contribution in [1.82, 2.24) is 30.3 Å². The molecule has 102 valence electrons. The van der Waals surface area contributed by atoms with E-state index in [9.17, 15) is 0 Å². The molecule has 7 nitrogen and oxygen atoms in total. The van der Waals surface area contributed by atoms with Crippen molar-refractivity contribution in [2.45, 2.75) is 38.9 Å². The molecule has 1 aliphatic heterocycles. The van der Waals surface area contributed by atoms with E-state index in [1.54, 1.807) is 6.33 Å². The van der Waals surface area contributed by atoms with Crippen molar-refractivity contribution in [3.8, 4) is 5.19 Å². The van der Waals surface area contributed by atoms with Gasteiger partial charge in [-0.3, -0.25) is 0 Å². The standard InChI is InChI=1S/C11H16N6OS/c1-2-18-11-16-15-10(19-11)5-12-8-3-4-9-13-7-14-17(9)6-8/h7-8,12H,2-6H2,1H3/t8-/m0/s1. The average molecular weight is 280 g/mol. The minimum absolute atomic E-state index is 0.411. The summed E-state index contributed by atoms with van der Waals surface area (Å²) in [4.78, 5) is 4.22. The number of hydrogen-bond donors (Lipinski definition) is 1. The van der Waals surface area contributed by atoms with E-state index in [0.717, 1.165) is 36.8 Å². The highest BCUT2D eigenvalue weighted by Gasteiger charge is 2.19. The van der Waals surface area contributed by atoms with Crippen LogP contribution >= 0.6 is 11.3 Å². The summed E-state index contributed by atoms with van der Waals surface area (Å²) in [7, 11) is 0. The third-order valence-electron chi connectivity index (χ3n) is 3.06. The molecule has 0 bridgehead atoms. The normalized spacial score (nSPS) is 18.3. The molecular formula is C11H16N6OS. The fraction of sp³-hybridized carbons (Fsp3) is 0.636. The number of fused-ring (bicyclic) bond motifs is 1. The number of aryl methyl sites for hydroxylation is 1. The molecule has 0 aromatic carbocycles.